The van der Waals surface area contributed by atoms with Crippen molar-refractivity contribution in [3.8, 4) is 0 Å². The van der Waals surface area contributed by atoms with E-state index in [2.05, 4.69) is 24.1 Å². The number of amides is 1. The molecule has 0 saturated carbocycles. The summed E-state index contributed by atoms with van der Waals surface area (Å²) in [4.78, 5) is 14.3. The van der Waals surface area contributed by atoms with Gasteiger partial charge in [0.15, 0.2) is 9.84 Å². The first-order chi connectivity index (χ1) is 9.95. The van der Waals surface area contributed by atoms with Crippen molar-refractivity contribution in [2.24, 2.45) is 5.92 Å². The standard InChI is InChI=1S/C15H22N2O3S/c1-3-17(4-2)14-7-5-13(6-8-14)16-15(18)12-9-10-21(19,20)11-12/h5-8,12H,3-4,9-11H2,1-2H3,(H,16,18)/t12-/m1/s1. The summed E-state index contributed by atoms with van der Waals surface area (Å²) < 4.78 is 22.8. The maximum Gasteiger partial charge on any atom is 0.228 e. The Balaban J connectivity index is 1.99. The van der Waals surface area contributed by atoms with Crippen LogP contribution in [0.3, 0.4) is 0 Å². The third-order valence-corrected chi connectivity index (χ3v) is 5.63. The zero-order valence-corrected chi connectivity index (χ0v) is 13.3. The van der Waals surface area contributed by atoms with Crippen molar-refractivity contribution < 1.29 is 13.2 Å². The van der Waals surface area contributed by atoms with Gasteiger partial charge in [0.2, 0.25) is 5.91 Å². The van der Waals surface area contributed by atoms with Crippen LogP contribution in [0.1, 0.15) is 20.3 Å². The molecule has 1 aromatic rings. The Morgan fingerprint density at radius 2 is 1.86 bits per heavy atom. The minimum absolute atomic E-state index is 0.0314. The third-order valence-electron chi connectivity index (χ3n) is 3.87. The smallest absolute Gasteiger partial charge is 0.228 e. The van der Waals surface area contributed by atoms with Crippen molar-refractivity contribution in [2.75, 3.05) is 34.8 Å². The fourth-order valence-corrected chi connectivity index (χ4v) is 4.33. The summed E-state index contributed by atoms with van der Waals surface area (Å²) in [5, 5.41) is 2.80. The Kier molecular flexibility index (Phi) is 4.88. The highest BCUT2D eigenvalue weighted by Crippen LogP contribution is 2.22. The first kappa shape index (κ1) is 15.8. The highest BCUT2D eigenvalue weighted by atomic mass is 32.2. The Morgan fingerprint density at radius 3 is 2.33 bits per heavy atom. The van der Waals surface area contributed by atoms with E-state index in [-0.39, 0.29) is 17.4 Å². The molecule has 1 saturated heterocycles. The van der Waals surface area contributed by atoms with Crippen LogP contribution in [0.2, 0.25) is 0 Å². The lowest BCUT2D eigenvalue weighted by molar-refractivity contribution is -0.119. The van der Waals surface area contributed by atoms with Gasteiger partial charge in [-0.2, -0.15) is 0 Å². The molecule has 2 rings (SSSR count). The van der Waals surface area contributed by atoms with Gasteiger partial charge in [0.1, 0.15) is 0 Å². The van der Waals surface area contributed by atoms with Gasteiger partial charge in [-0.25, -0.2) is 8.42 Å². The van der Waals surface area contributed by atoms with Crippen LogP contribution in [0.5, 0.6) is 0 Å². The summed E-state index contributed by atoms with van der Waals surface area (Å²) in [6.07, 6.45) is 0.422. The lowest BCUT2D eigenvalue weighted by Crippen LogP contribution is -2.24. The van der Waals surface area contributed by atoms with Gasteiger partial charge in [0.05, 0.1) is 17.4 Å². The van der Waals surface area contributed by atoms with Crippen LogP contribution >= 0.6 is 0 Å². The average Bonchev–Trinajstić information content (AvgIpc) is 2.82. The molecule has 0 aromatic heterocycles. The molecule has 1 N–H and O–H groups in total. The Labute approximate surface area is 126 Å². The third kappa shape index (κ3) is 3.97. The molecule has 0 unspecified atom stereocenters. The second-order valence-corrected chi connectivity index (χ2v) is 7.54. The number of anilines is 2. The summed E-state index contributed by atoms with van der Waals surface area (Å²) in [5.41, 5.74) is 1.82. The number of sulfone groups is 1. The summed E-state index contributed by atoms with van der Waals surface area (Å²) in [6, 6.07) is 7.64. The summed E-state index contributed by atoms with van der Waals surface area (Å²) in [7, 11) is -3.03. The SMILES string of the molecule is CCN(CC)c1ccc(NC(=O)[C@@H]2CCS(=O)(=O)C2)cc1. The van der Waals surface area contributed by atoms with Gasteiger partial charge in [0, 0.05) is 24.5 Å². The molecule has 1 amide bonds. The van der Waals surface area contributed by atoms with E-state index in [0.717, 1.165) is 18.8 Å². The molecule has 6 heteroatoms. The zero-order valence-electron chi connectivity index (χ0n) is 12.5. The van der Waals surface area contributed by atoms with E-state index in [1.807, 2.05) is 24.3 Å². The van der Waals surface area contributed by atoms with Crippen LogP contribution in [0.15, 0.2) is 24.3 Å². The topological polar surface area (TPSA) is 66.5 Å². The van der Waals surface area contributed by atoms with Crippen molar-refractivity contribution in [3.05, 3.63) is 24.3 Å². The van der Waals surface area contributed by atoms with E-state index in [1.165, 1.54) is 0 Å². The van der Waals surface area contributed by atoms with Gasteiger partial charge in [-0.05, 0) is 44.5 Å². The second kappa shape index (κ2) is 6.47. The van der Waals surface area contributed by atoms with Crippen LogP contribution in [0, 0.1) is 5.92 Å². The Morgan fingerprint density at radius 1 is 1.24 bits per heavy atom. The minimum atomic E-state index is -3.03. The van der Waals surface area contributed by atoms with Crippen molar-refractivity contribution in [2.45, 2.75) is 20.3 Å². The molecule has 0 spiro atoms. The number of benzene rings is 1. The maximum absolute atomic E-state index is 12.0. The Bertz CT molecular complexity index is 592. The molecule has 1 heterocycles. The Hall–Kier alpha value is -1.56. The van der Waals surface area contributed by atoms with E-state index in [9.17, 15) is 13.2 Å². The fourth-order valence-electron chi connectivity index (χ4n) is 2.59. The monoisotopic (exact) mass is 310 g/mol. The van der Waals surface area contributed by atoms with Gasteiger partial charge >= 0.3 is 0 Å². The van der Waals surface area contributed by atoms with Crippen LogP contribution in [0.25, 0.3) is 0 Å². The molecule has 0 bridgehead atoms. The minimum Gasteiger partial charge on any atom is -0.372 e. The highest BCUT2D eigenvalue weighted by molar-refractivity contribution is 7.91. The van der Waals surface area contributed by atoms with Crippen LogP contribution in [-0.2, 0) is 14.6 Å². The van der Waals surface area contributed by atoms with E-state index >= 15 is 0 Å². The molecule has 1 aliphatic rings. The summed E-state index contributed by atoms with van der Waals surface area (Å²) in [6.45, 7) is 6.06. The predicted octanol–water partition coefficient (Wildman–Crippen LogP) is 1.91. The number of carbonyl (C=O) groups is 1. The highest BCUT2D eigenvalue weighted by Gasteiger charge is 2.32. The van der Waals surface area contributed by atoms with Gasteiger partial charge in [-0.3, -0.25) is 4.79 Å². The van der Waals surface area contributed by atoms with Crippen LogP contribution in [-0.4, -0.2) is 38.9 Å². The number of carbonyl (C=O) groups excluding carboxylic acids is 1. The molecule has 1 atom stereocenters. The number of nitrogens with zero attached hydrogens (tertiary/aromatic N) is 1. The van der Waals surface area contributed by atoms with Gasteiger partial charge in [-0.1, -0.05) is 0 Å². The molecule has 1 aliphatic heterocycles. The number of hydrogen-bond donors (Lipinski definition) is 1. The van der Waals surface area contributed by atoms with E-state index in [4.69, 9.17) is 0 Å². The molecule has 0 radical (unpaired) electrons. The van der Waals surface area contributed by atoms with Crippen LogP contribution in [0.4, 0.5) is 11.4 Å². The fraction of sp³-hybridized carbons (Fsp3) is 0.533. The first-order valence-electron chi connectivity index (χ1n) is 7.31. The van der Waals surface area contributed by atoms with E-state index in [1.54, 1.807) is 0 Å². The van der Waals surface area contributed by atoms with E-state index < -0.39 is 15.8 Å². The lowest BCUT2D eigenvalue weighted by Gasteiger charge is -2.21. The van der Waals surface area contributed by atoms with Gasteiger partial charge in [0.25, 0.3) is 0 Å². The molecule has 116 valence electrons. The molecular weight excluding hydrogens is 288 g/mol. The maximum atomic E-state index is 12.0. The van der Waals surface area contributed by atoms with Crippen molar-refractivity contribution in [1.82, 2.24) is 0 Å². The van der Waals surface area contributed by atoms with Crippen molar-refractivity contribution >= 4 is 27.1 Å². The summed E-state index contributed by atoms with van der Waals surface area (Å²) >= 11 is 0. The first-order valence-corrected chi connectivity index (χ1v) is 9.13. The zero-order chi connectivity index (χ0) is 15.5. The largest absolute Gasteiger partial charge is 0.372 e. The number of nitrogens with one attached hydrogen (secondary N) is 1. The van der Waals surface area contributed by atoms with Crippen LogP contribution < -0.4 is 10.2 Å². The number of rotatable bonds is 5. The molecule has 21 heavy (non-hydrogen) atoms. The van der Waals surface area contributed by atoms with Gasteiger partial charge in [-0.15, -0.1) is 0 Å². The molecule has 1 fully saturated rings. The molecule has 1 aromatic carbocycles. The average molecular weight is 310 g/mol. The molecule has 5 nitrogen and oxygen atoms in total. The molecular formula is C15H22N2O3S. The van der Waals surface area contributed by atoms with Gasteiger partial charge < -0.3 is 10.2 Å². The predicted molar refractivity (Wildman–Crippen MR) is 85.4 cm³/mol. The quantitative estimate of drug-likeness (QED) is 0.902. The number of hydrogen-bond acceptors (Lipinski definition) is 4. The normalized spacial score (nSPS) is 20.2. The van der Waals surface area contributed by atoms with E-state index in [0.29, 0.717) is 12.1 Å². The molecule has 0 aliphatic carbocycles. The van der Waals surface area contributed by atoms with Crippen molar-refractivity contribution in [1.29, 1.82) is 0 Å². The van der Waals surface area contributed by atoms with Crippen molar-refractivity contribution in [3.63, 3.8) is 0 Å². The second-order valence-electron chi connectivity index (χ2n) is 5.31. The summed E-state index contributed by atoms with van der Waals surface area (Å²) in [5.74, 6) is -0.536. The lowest BCUT2D eigenvalue weighted by atomic mass is 10.1.